The molecule has 0 amide bonds. The summed E-state index contributed by atoms with van der Waals surface area (Å²) in [5, 5.41) is 0. The van der Waals surface area contributed by atoms with E-state index < -0.39 is 6.16 Å². The molecule has 0 saturated carbocycles. The van der Waals surface area contributed by atoms with Crippen molar-refractivity contribution in [3.63, 3.8) is 0 Å². The third-order valence-electron chi connectivity index (χ3n) is 3.22. The Kier molecular flexibility index (Phi) is 4.64. The molecule has 0 N–H and O–H groups in total. The van der Waals surface area contributed by atoms with E-state index in [2.05, 4.69) is 4.98 Å². The van der Waals surface area contributed by atoms with Gasteiger partial charge in [0.15, 0.2) is 0 Å². The second-order valence-corrected chi connectivity index (χ2v) is 4.88. The zero-order chi connectivity index (χ0) is 15.9. The highest BCUT2D eigenvalue weighted by molar-refractivity contribution is 5.65. The van der Waals surface area contributed by atoms with E-state index in [0.717, 1.165) is 16.7 Å². The van der Waals surface area contributed by atoms with Crippen molar-refractivity contribution >= 4 is 6.16 Å². The fourth-order valence-electron chi connectivity index (χ4n) is 2.14. The topological polar surface area (TPSA) is 48.4 Å². The number of rotatable bonds is 4. The lowest BCUT2D eigenvalue weighted by molar-refractivity contribution is 0.0913. The number of nitrogens with zero attached hydrogens (tertiary/aromatic N) is 1. The van der Waals surface area contributed by atoms with Crippen LogP contribution in [-0.4, -0.2) is 11.1 Å². The molecule has 3 aromatic rings. The van der Waals surface area contributed by atoms with Crippen molar-refractivity contribution in [1.82, 2.24) is 4.98 Å². The minimum absolute atomic E-state index is 0.145. The van der Waals surface area contributed by atoms with E-state index in [1.54, 1.807) is 24.4 Å². The number of aromatic nitrogens is 1. The number of ether oxygens (including phenoxy) is 2. The van der Waals surface area contributed by atoms with Gasteiger partial charge < -0.3 is 9.47 Å². The SMILES string of the molecule is O=C(OCc1cccc(-c2ccccc2)c1)Oc1ccccn1. The average molecular weight is 305 g/mol. The number of hydrogen-bond acceptors (Lipinski definition) is 4. The Morgan fingerprint density at radius 2 is 1.65 bits per heavy atom. The van der Waals surface area contributed by atoms with Crippen LogP contribution in [0.15, 0.2) is 79.0 Å². The molecule has 0 spiro atoms. The normalized spacial score (nSPS) is 10.1. The lowest BCUT2D eigenvalue weighted by atomic mass is 10.0. The summed E-state index contributed by atoms with van der Waals surface area (Å²) in [6, 6.07) is 22.9. The Bertz CT molecular complexity index is 773. The molecule has 0 unspecified atom stereocenters. The van der Waals surface area contributed by atoms with Crippen LogP contribution in [0.25, 0.3) is 11.1 Å². The van der Waals surface area contributed by atoms with Crippen molar-refractivity contribution in [2.75, 3.05) is 0 Å². The Labute approximate surface area is 134 Å². The average Bonchev–Trinajstić information content (AvgIpc) is 2.62. The first-order valence-corrected chi connectivity index (χ1v) is 7.21. The van der Waals surface area contributed by atoms with Crippen molar-refractivity contribution in [2.45, 2.75) is 6.61 Å². The van der Waals surface area contributed by atoms with Gasteiger partial charge in [-0.3, -0.25) is 0 Å². The monoisotopic (exact) mass is 305 g/mol. The Balaban J connectivity index is 1.61. The highest BCUT2D eigenvalue weighted by Crippen LogP contribution is 2.20. The van der Waals surface area contributed by atoms with Gasteiger partial charge in [-0.05, 0) is 28.8 Å². The molecule has 0 fully saturated rings. The van der Waals surface area contributed by atoms with Gasteiger partial charge in [-0.1, -0.05) is 54.6 Å². The zero-order valence-electron chi connectivity index (χ0n) is 12.4. The smallest absolute Gasteiger partial charge is 0.429 e. The van der Waals surface area contributed by atoms with E-state index in [4.69, 9.17) is 9.47 Å². The van der Waals surface area contributed by atoms with Crippen LogP contribution in [0.3, 0.4) is 0 Å². The van der Waals surface area contributed by atoms with E-state index in [1.807, 2.05) is 54.6 Å². The van der Waals surface area contributed by atoms with Crippen LogP contribution < -0.4 is 4.74 Å². The fourth-order valence-corrected chi connectivity index (χ4v) is 2.14. The predicted octanol–water partition coefficient (Wildman–Crippen LogP) is 4.46. The van der Waals surface area contributed by atoms with Gasteiger partial charge in [0.25, 0.3) is 0 Å². The molecule has 0 atom stereocenters. The van der Waals surface area contributed by atoms with Gasteiger partial charge in [0.05, 0.1) is 0 Å². The summed E-state index contributed by atoms with van der Waals surface area (Å²) in [7, 11) is 0. The van der Waals surface area contributed by atoms with Gasteiger partial charge in [-0.2, -0.15) is 0 Å². The summed E-state index contributed by atoms with van der Waals surface area (Å²) in [6.07, 6.45) is 0.778. The highest BCUT2D eigenvalue weighted by atomic mass is 16.7. The standard InChI is InChI=1S/C19H15NO3/c21-19(23-18-11-4-5-12-20-18)22-14-15-7-6-10-17(13-15)16-8-2-1-3-9-16/h1-13H,14H2. The van der Waals surface area contributed by atoms with Crippen molar-refractivity contribution in [3.8, 4) is 17.0 Å². The molecule has 0 radical (unpaired) electrons. The van der Waals surface area contributed by atoms with Crippen molar-refractivity contribution in [3.05, 3.63) is 84.6 Å². The second kappa shape index (κ2) is 7.22. The molecular formula is C19H15NO3. The van der Waals surface area contributed by atoms with Crippen molar-refractivity contribution in [1.29, 1.82) is 0 Å². The fraction of sp³-hybridized carbons (Fsp3) is 0.0526. The summed E-state index contributed by atoms with van der Waals surface area (Å²) in [6.45, 7) is 0.145. The summed E-state index contributed by atoms with van der Waals surface area (Å²) in [5.41, 5.74) is 3.08. The molecule has 0 aliphatic heterocycles. The molecule has 1 aromatic heterocycles. The molecule has 2 aromatic carbocycles. The van der Waals surface area contributed by atoms with Crippen LogP contribution in [0.4, 0.5) is 4.79 Å². The lowest BCUT2D eigenvalue weighted by Gasteiger charge is -2.07. The molecule has 4 nitrogen and oxygen atoms in total. The first kappa shape index (κ1) is 14.8. The molecule has 23 heavy (non-hydrogen) atoms. The van der Waals surface area contributed by atoms with E-state index in [1.165, 1.54) is 0 Å². The third kappa shape index (κ3) is 4.17. The first-order chi connectivity index (χ1) is 11.3. The quantitative estimate of drug-likeness (QED) is 0.667. The maximum Gasteiger partial charge on any atom is 0.515 e. The predicted molar refractivity (Wildman–Crippen MR) is 86.9 cm³/mol. The molecule has 3 rings (SSSR count). The lowest BCUT2D eigenvalue weighted by Crippen LogP contribution is -2.11. The Hall–Kier alpha value is -3.14. The van der Waals surface area contributed by atoms with Gasteiger partial charge in [0.2, 0.25) is 5.88 Å². The zero-order valence-corrected chi connectivity index (χ0v) is 12.4. The minimum Gasteiger partial charge on any atom is -0.429 e. The molecule has 1 heterocycles. The van der Waals surface area contributed by atoms with Crippen LogP contribution >= 0.6 is 0 Å². The third-order valence-corrected chi connectivity index (χ3v) is 3.22. The van der Waals surface area contributed by atoms with E-state index >= 15 is 0 Å². The summed E-state index contributed by atoms with van der Waals surface area (Å²) < 4.78 is 10.1. The van der Waals surface area contributed by atoms with Gasteiger partial charge >= 0.3 is 6.16 Å². The van der Waals surface area contributed by atoms with E-state index in [-0.39, 0.29) is 12.5 Å². The van der Waals surface area contributed by atoms with Crippen LogP contribution in [0.1, 0.15) is 5.56 Å². The van der Waals surface area contributed by atoms with Crippen LogP contribution in [0.5, 0.6) is 5.88 Å². The summed E-state index contributed by atoms with van der Waals surface area (Å²) in [5.74, 6) is 0.218. The van der Waals surface area contributed by atoms with Crippen molar-refractivity contribution in [2.24, 2.45) is 0 Å². The minimum atomic E-state index is -0.770. The second-order valence-electron chi connectivity index (χ2n) is 4.88. The molecule has 0 saturated heterocycles. The number of pyridine rings is 1. The van der Waals surface area contributed by atoms with Gasteiger partial charge in [-0.15, -0.1) is 0 Å². The van der Waals surface area contributed by atoms with E-state index in [0.29, 0.717) is 0 Å². The molecule has 0 bridgehead atoms. The number of benzene rings is 2. The van der Waals surface area contributed by atoms with Gasteiger partial charge in [0.1, 0.15) is 6.61 Å². The van der Waals surface area contributed by atoms with Gasteiger partial charge in [-0.25, -0.2) is 9.78 Å². The van der Waals surface area contributed by atoms with E-state index in [9.17, 15) is 4.79 Å². The summed E-state index contributed by atoms with van der Waals surface area (Å²) in [4.78, 5) is 15.6. The van der Waals surface area contributed by atoms with Crippen LogP contribution in [-0.2, 0) is 11.3 Å². The van der Waals surface area contributed by atoms with Crippen LogP contribution in [0, 0.1) is 0 Å². The first-order valence-electron chi connectivity index (χ1n) is 7.21. The Morgan fingerprint density at radius 3 is 2.43 bits per heavy atom. The number of carbonyl (C=O) groups is 1. The van der Waals surface area contributed by atoms with Gasteiger partial charge in [0, 0.05) is 12.3 Å². The summed E-state index contributed by atoms with van der Waals surface area (Å²) >= 11 is 0. The molecule has 0 aliphatic rings. The maximum atomic E-state index is 11.7. The largest absolute Gasteiger partial charge is 0.515 e. The maximum absolute atomic E-state index is 11.7. The molecule has 4 heteroatoms. The number of carbonyl (C=O) groups excluding carboxylic acids is 1. The van der Waals surface area contributed by atoms with Crippen LogP contribution in [0.2, 0.25) is 0 Å². The molecule has 0 aliphatic carbocycles. The molecule has 114 valence electrons. The highest BCUT2D eigenvalue weighted by Gasteiger charge is 2.07. The van der Waals surface area contributed by atoms with Crippen molar-refractivity contribution < 1.29 is 14.3 Å². The number of hydrogen-bond donors (Lipinski definition) is 0. The Morgan fingerprint density at radius 1 is 0.870 bits per heavy atom. The molecular weight excluding hydrogens is 290 g/mol.